The van der Waals surface area contributed by atoms with Gasteiger partial charge < -0.3 is 28.7 Å². The molecule has 1 aliphatic carbocycles. The normalized spacial score (nSPS) is 18.7. The highest BCUT2D eigenvalue weighted by Crippen LogP contribution is 2.48. The number of amides is 3. The van der Waals surface area contributed by atoms with Gasteiger partial charge in [0, 0.05) is 31.7 Å². The first-order chi connectivity index (χ1) is 21.6. The third kappa shape index (κ3) is 6.10. The van der Waals surface area contributed by atoms with Crippen molar-refractivity contribution in [2.24, 2.45) is 0 Å². The van der Waals surface area contributed by atoms with Crippen LogP contribution in [0.5, 0.6) is 0 Å². The van der Waals surface area contributed by atoms with Crippen molar-refractivity contribution in [3.05, 3.63) is 52.9 Å². The van der Waals surface area contributed by atoms with Crippen molar-refractivity contribution in [1.82, 2.24) is 14.4 Å². The number of allylic oxidation sites excluding steroid dienone is 2. The number of para-hydroxylation sites is 1. The lowest BCUT2D eigenvalue weighted by Crippen LogP contribution is -2.54. The van der Waals surface area contributed by atoms with Crippen LogP contribution in [0.1, 0.15) is 67.6 Å². The average molecular weight is 633 g/mol. The molecule has 10 nitrogen and oxygen atoms in total. The van der Waals surface area contributed by atoms with Crippen molar-refractivity contribution >= 4 is 51.1 Å². The van der Waals surface area contributed by atoms with Crippen molar-refractivity contribution < 1.29 is 28.7 Å². The SMILES string of the molecule is COC(=O)c1cc2c(s1)c(C1CC=CCCC1)c1n2CC(=O)N(CC(=O)N2CCN(C(=O)OC(C)(C)C)CC2)c2ccccc2-1. The van der Waals surface area contributed by atoms with E-state index in [1.807, 2.05) is 55.7 Å². The van der Waals surface area contributed by atoms with E-state index in [1.54, 1.807) is 14.7 Å². The number of hydrogen-bond donors (Lipinski definition) is 0. The second kappa shape index (κ2) is 12.3. The molecule has 3 aromatic rings. The minimum absolute atomic E-state index is 0.0418. The summed E-state index contributed by atoms with van der Waals surface area (Å²) in [6, 6.07) is 9.64. The molecule has 11 heteroatoms. The maximum Gasteiger partial charge on any atom is 0.410 e. The minimum Gasteiger partial charge on any atom is -0.465 e. The van der Waals surface area contributed by atoms with E-state index in [-0.39, 0.29) is 36.9 Å². The molecule has 1 unspecified atom stereocenters. The molecule has 0 bridgehead atoms. The number of carbonyl (C=O) groups is 4. The van der Waals surface area contributed by atoms with Gasteiger partial charge in [-0.15, -0.1) is 11.3 Å². The van der Waals surface area contributed by atoms with Gasteiger partial charge in [0.15, 0.2) is 0 Å². The molecule has 3 amide bonds. The fourth-order valence-corrected chi connectivity index (χ4v) is 7.77. The summed E-state index contributed by atoms with van der Waals surface area (Å²) in [7, 11) is 1.38. The largest absolute Gasteiger partial charge is 0.465 e. The number of esters is 1. The predicted octanol–water partition coefficient (Wildman–Crippen LogP) is 5.80. The first-order valence-corrected chi connectivity index (χ1v) is 16.4. The van der Waals surface area contributed by atoms with Crippen LogP contribution < -0.4 is 4.90 Å². The number of carbonyl (C=O) groups excluding carboxylic acids is 4. The van der Waals surface area contributed by atoms with Crippen LogP contribution in [0.4, 0.5) is 10.5 Å². The Kier molecular flexibility index (Phi) is 8.47. The Hall–Kier alpha value is -4.12. The van der Waals surface area contributed by atoms with Crippen molar-refractivity contribution in [2.45, 2.75) is 64.5 Å². The molecule has 45 heavy (non-hydrogen) atoms. The van der Waals surface area contributed by atoms with Crippen LogP contribution in [0, 0.1) is 0 Å². The van der Waals surface area contributed by atoms with Crippen LogP contribution in [-0.4, -0.2) is 83.7 Å². The van der Waals surface area contributed by atoms with Crippen molar-refractivity contribution in [1.29, 1.82) is 0 Å². The van der Waals surface area contributed by atoms with E-state index in [1.165, 1.54) is 18.4 Å². The van der Waals surface area contributed by atoms with E-state index in [0.717, 1.165) is 52.7 Å². The zero-order valence-electron chi connectivity index (χ0n) is 26.3. The van der Waals surface area contributed by atoms with E-state index < -0.39 is 11.6 Å². The monoisotopic (exact) mass is 632 g/mol. The average Bonchev–Trinajstić information content (AvgIpc) is 3.39. The Bertz CT molecular complexity index is 1670. The number of thiophene rings is 1. The molecule has 2 aliphatic heterocycles. The van der Waals surface area contributed by atoms with Gasteiger partial charge in [-0.3, -0.25) is 9.59 Å². The number of rotatable bonds is 4. The Morgan fingerprint density at radius 3 is 2.49 bits per heavy atom. The molecule has 1 atom stereocenters. The minimum atomic E-state index is -0.592. The third-order valence-corrected chi connectivity index (χ3v) is 9.84. The molecule has 4 heterocycles. The third-order valence-electron chi connectivity index (χ3n) is 8.70. The summed E-state index contributed by atoms with van der Waals surface area (Å²) in [5.74, 6) is -0.533. The molecule has 2 aromatic heterocycles. The van der Waals surface area contributed by atoms with E-state index in [4.69, 9.17) is 9.47 Å². The molecule has 1 aromatic carbocycles. The number of methoxy groups -OCH3 is 1. The molecule has 0 spiro atoms. The van der Waals surface area contributed by atoms with Gasteiger partial charge in [-0.2, -0.15) is 0 Å². The summed E-state index contributed by atoms with van der Waals surface area (Å²) in [6.07, 6.45) is 8.06. The fourth-order valence-electron chi connectivity index (χ4n) is 6.56. The number of hydrogen-bond acceptors (Lipinski definition) is 7. The van der Waals surface area contributed by atoms with Gasteiger partial charge in [-0.1, -0.05) is 30.4 Å². The van der Waals surface area contributed by atoms with Crippen molar-refractivity contribution in [3.63, 3.8) is 0 Å². The van der Waals surface area contributed by atoms with Crippen LogP contribution in [0.25, 0.3) is 21.5 Å². The first-order valence-electron chi connectivity index (χ1n) is 15.6. The lowest BCUT2D eigenvalue weighted by molar-refractivity contribution is -0.133. The highest BCUT2D eigenvalue weighted by atomic mass is 32.1. The van der Waals surface area contributed by atoms with Crippen molar-refractivity contribution in [3.8, 4) is 11.3 Å². The molecule has 0 saturated carbocycles. The molecule has 238 valence electrons. The Balaban J connectivity index is 1.33. The second-order valence-electron chi connectivity index (χ2n) is 12.8. The molecule has 1 fully saturated rings. The lowest BCUT2D eigenvalue weighted by atomic mass is 9.89. The van der Waals surface area contributed by atoms with Crippen LogP contribution in [-0.2, 0) is 25.6 Å². The quantitative estimate of drug-likeness (QED) is 0.266. The number of aromatic nitrogens is 1. The fraction of sp³-hybridized carbons (Fsp3) is 0.471. The molecule has 3 aliphatic rings. The summed E-state index contributed by atoms with van der Waals surface area (Å²) >= 11 is 1.43. The van der Waals surface area contributed by atoms with Crippen LogP contribution >= 0.6 is 11.3 Å². The second-order valence-corrected chi connectivity index (χ2v) is 13.9. The van der Waals surface area contributed by atoms with Gasteiger partial charge in [0.1, 0.15) is 23.6 Å². The van der Waals surface area contributed by atoms with E-state index in [9.17, 15) is 19.2 Å². The van der Waals surface area contributed by atoms with Crippen LogP contribution in [0.3, 0.4) is 0 Å². The summed E-state index contributed by atoms with van der Waals surface area (Å²) in [5, 5.41) is 0. The Labute approximate surface area is 267 Å². The number of nitrogens with zero attached hydrogens (tertiary/aromatic N) is 4. The first kappa shape index (κ1) is 30.9. The zero-order valence-corrected chi connectivity index (χ0v) is 27.2. The van der Waals surface area contributed by atoms with E-state index in [0.29, 0.717) is 36.7 Å². The highest BCUT2D eigenvalue weighted by molar-refractivity contribution is 7.21. The van der Waals surface area contributed by atoms with Crippen LogP contribution in [0.15, 0.2) is 42.5 Å². The molecule has 1 saturated heterocycles. The maximum absolute atomic E-state index is 14.1. The molecule has 6 rings (SSSR count). The maximum atomic E-state index is 14.1. The lowest BCUT2D eigenvalue weighted by Gasteiger charge is -2.36. The Morgan fingerprint density at radius 1 is 1.02 bits per heavy atom. The standard InChI is InChI=1S/C34H40N4O6S/c1-34(2,3)44-33(42)36-17-15-35(16-18-36)27(39)20-37-24-14-10-9-13-23(24)30-29(22-11-7-5-6-8-12-22)31-25(38(30)21-28(37)40)19-26(45-31)32(41)43-4/h5,7,9-10,13-14,19,22H,6,8,11-12,15-18,20-21H2,1-4H3. The summed E-state index contributed by atoms with van der Waals surface area (Å²) in [6.45, 7) is 6.90. The summed E-state index contributed by atoms with van der Waals surface area (Å²) in [4.78, 5) is 58.3. The molecule has 0 radical (unpaired) electrons. The summed E-state index contributed by atoms with van der Waals surface area (Å²) in [5.41, 5.74) is 3.99. The smallest absolute Gasteiger partial charge is 0.410 e. The Morgan fingerprint density at radius 2 is 1.76 bits per heavy atom. The van der Waals surface area contributed by atoms with Gasteiger partial charge in [-0.25, -0.2) is 9.59 Å². The number of ether oxygens (including phenoxy) is 2. The van der Waals surface area contributed by atoms with Gasteiger partial charge in [0.05, 0.1) is 28.7 Å². The highest BCUT2D eigenvalue weighted by Gasteiger charge is 2.36. The number of anilines is 1. The van der Waals surface area contributed by atoms with E-state index in [2.05, 4.69) is 12.2 Å². The summed E-state index contributed by atoms with van der Waals surface area (Å²) < 4.78 is 13.6. The van der Waals surface area contributed by atoms with Gasteiger partial charge in [0.2, 0.25) is 11.8 Å². The zero-order chi connectivity index (χ0) is 31.9. The van der Waals surface area contributed by atoms with Crippen molar-refractivity contribution in [2.75, 3.05) is 44.7 Å². The topological polar surface area (TPSA) is 101 Å². The number of piperazine rings is 1. The van der Waals surface area contributed by atoms with Crippen LogP contribution in [0.2, 0.25) is 0 Å². The van der Waals surface area contributed by atoms with Gasteiger partial charge in [-0.05, 0) is 70.1 Å². The predicted molar refractivity (Wildman–Crippen MR) is 174 cm³/mol. The molecule has 0 N–H and O–H groups in total. The molecular formula is C34H40N4O6S. The van der Waals surface area contributed by atoms with Gasteiger partial charge >= 0.3 is 12.1 Å². The number of fused-ring (bicyclic) bond motifs is 5. The van der Waals surface area contributed by atoms with Gasteiger partial charge in [0.25, 0.3) is 0 Å². The van der Waals surface area contributed by atoms with E-state index >= 15 is 0 Å². The number of benzene rings is 1. The molecular weight excluding hydrogens is 592 g/mol.